The molecule has 1 aliphatic carbocycles. The summed E-state index contributed by atoms with van der Waals surface area (Å²) in [5, 5.41) is 2.23. The number of piperidine rings is 1. The van der Waals surface area contributed by atoms with E-state index in [9.17, 15) is 19.2 Å². The van der Waals surface area contributed by atoms with Crippen LogP contribution in [0.5, 0.6) is 11.5 Å². The molecule has 1 aromatic heterocycles. The van der Waals surface area contributed by atoms with Gasteiger partial charge in [0.25, 0.3) is 17.7 Å². The molecule has 0 bridgehead atoms. The van der Waals surface area contributed by atoms with Crippen molar-refractivity contribution in [3.8, 4) is 11.5 Å². The van der Waals surface area contributed by atoms with E-state index >= 15 is 0 Å². The molecule has 4 aliphatic heterocycles. The maximum absolute atomic E-state index is 13.2. The molecule has 8 rings (SSSR count). The Morgan fingerprint density at radius 2 is 1.49 bits per heavy atom. The number of imide groups is 2. The van der Waals surface area contributed by atoms with Gasteiger partial charge in [-0.3, -0.25) is 39.3 Å². The number of fused-ring (bicyclic) bond motifs is 2. The number of aromatic nitrogens is 2. The quantitative estimate of drug-likeness (QED) is 0.147. The molecule has 3 aromatic rings. The number of nitrogens with one attached hydrogen (secondary N) is 1. The largest absolute Gasteiger partial charge is 0.491 e. The van der Waals surface area contributed by atoms with Crippen molar-refractivity contribution < 1.29 is 42.9 Å². The molecule has 16 heteroatoms. The van der Waals surface area contributed by atoms with Crippen molar-refractivity contribution in [1.29, 1.82) is 0 Å². The van der Waals surface area contributed by atoms with Crippen LogP contribution in [-0.4, -0.2) is 139 Å². The van der Waals surface area contributed by atoms with Crippen molar-refractivity contribution in [2.45, 2.75) is 70.2 Å². The van der Waals surface area contributed by atoms with Gasteiger partial charge in [-0.05, 0) is 75.9 Å². The molecule has 2 saturated heterocycles. The predicted octanol–water partition coefficient (Wildman–Crippen LogP) is 3.19. The van der Waals surface area contributed by atoms with Crippen LogP contribution >= 0.6 is 0 Å². The minimum Gasteiger partial charge on any atom is -0.491 e. The Morgan fingerprint density at radius 1 is 0.780 bits per heavy atom. The molecule has 1 saturated carbocycles. The number of carbonyl (C=O) groups is 4. The Balaban J connectivity index is 0.683. The van der Waals surface area contributed by atoms with Gasteiger partial charge in [-0.1, -0.05) is 6.07 Å². The molecule has 2 atom stereocenters. The maximum atomic E-state index is 13.2. The van der Waals surface area contributed by atoms with Gasteiger partial charge in [0.1, 0.15) is 41.4 Å². The fraction of sp³-hybridized carbons (Fsp3) is 0.512. The Morgan fingerprint density at radius 3 is 2.24 bits per heavy atom. The summed E-state index contributed by atoms with van der Waals surface area (Å²) < 4.78 is 29.1. The van der Waals surface area contributed by atoms with Crippen LogP contribution in [0.2, 0.25) is 0 Å². The van der Waals surface area contributed by atoms with Crippen molar-refractivity contribution in [3.05, 3.63) is 76.7 Å². The second kappa shape index (κ2) is 17.1. The first-order valence-corrected chi connectivity index (χ1v) is 20.4. The van der Waals surface area contributed by atoms with Gasteiger partial charge >= 0.3 is 0 Å². The second-order valence-corrected chi connectivity index (χ2v) is 16.1. The first kappa shape index (κ1) is 40.5. The van der Waals surface area contributed by atoms with Gasteiger partial charge in [-0.2, -0.15) is 0 Å². The fourth-order valence-electron chi connectivity index (χ4n) is 7.90. The number of ether oxygens (including phenoxy) is 5. The summed E-state index contributed by atoms with van der Waals surface area (Å²) in [4.78, 5) is 70.3. The van der Waals surface area contributed by atoms with Crippen LogP contribution in [0.4, 0.5) is 5.82 Å². The van der Waals surface area contributed by atoms with Gasteiger partial charge in [-0.25, -0.2) is 9.97 Å². The van der Waals surface area contributed by atoms with Crippen LogP contribution in [0.25, 0.3) is 0 Å². The Labute approximate surface area is 343 Å². The van der Waals surface area contributed by atoms with E-state index in [0.29, 0.717) is 58.0 Å². The maximum Gasteiger partial charge on any atom is 0.262 e. The number of hydrogen-bond donors (Lipinski definition) is 1. The highest BCUT2D eigenvalue weighted by molar-refractivity contribution is 6.24. The molecule has 0 spiro atoms. The van der Waals surface area contributed by atoms with Gasteiger partial charge in [0, 0.05) is 50.3 Å². The van der Waals surface area contributed by atoms with E-state index in [2.05, 4.69) is 57.1 Å². The summed E-state index contributed by atoms with van der Waals surface area (Å²) in [6.45, 7) is 12.8. The summed E-state index contributed by atoms with van der Waals surface area (Å²) in [6, 6.07) is 13.3. The SMILES string of the molecule is C[C@H]1CN(c2cc(C3=NCc4ccc(OC5(C)CC5)cc43)ncn2)CCN1CCOCCOCCOCCOc1ccc2c(c1)C(=O)N(C1(C)CCC(=O)NC1=O)C2=O. The van der Waals surface area contributed by atoms with Gasteiger partial charge in [-0.15, -0.1) is 0 Å². The molecule has 2 aromatic carbocycles. The first-order valence-electron chi connectivity index (χ1n) is 20.4. The van der Waals surface area contributed by atoms with Crippen LogP contribution in [0, 0.1) is 0 Å². The van der Waals surface area contributed by atoms with E-state index in [1.807, 2.05) is 6.07 Å². The lowest BCUT2D eigenvalue weighted by atomic mass is 9.89. The fourth-order valence-corrected chi connectivity index (χ4v) is 7.90. The second-order valence-electron chi connectivity index (χ2n) is 16.1. The van der Waals surface area contributed by atoms with Crippen molar-refractivity contribution in [2.24, 2.45) is 4.99 Å². The van der Waals surface area contributed by atoms with Crippen molar-refractivity contribution in [2.75, 3.05) is 77.3 Å². The zero-order valence-electron chi connectivity index (χ0n) is 33.9. The summed E-state index contributed by atoms with van der Waals surface area (Å²) in [6.07, 6.45) is 3.93. The topological polar surface area (TPSA) is 174 Å². The van der Waals surface area contributed by atoms with E-state index in [1.54, 1.807) is 12.4 Å². The minimum atomic E-state index is -1.44. The lowest BCUT2D eigenvalue weighted by Gasteiger charge is -2.40. The van der Waals surface area contributed by atoms with Crippen LogP contribution in [0.15, 0.2) is 53.8 Å². The average Bonchev–Trinajstić information content (AvgIpc) is 3.70. The molecule has 1 N–H and O–H groups in total. The zero-order chi connectivity index (χ0) is 41.1. The van der Waals surface area contributed by atoms with Crippen LogP contribution in [0.3, 0.4) is 0 Å². The summed E-state index contributed by atoms with van der Waals surface area (Å²) in [5.74, 6) is -0.0509. The van der Waals surface area contributed by atoms with Gasteiger partial charge in [0.05, 0.1) is 68.7 Å². The van der Waals surface area contributed by atoms with E-state index in [1.165, 1.54) is 24.6 Å². The average molecular weight is 810 g/mol. The molecular formula is C43H51N7O9. The van der Waals surface area contributed by atoms with E-state index < -0.39 is 29.2 Å². The van der Waals surface area contributed by atoms with Gasteiger partial charge in [0.15, 0.2) is 0 Å². The smallest absolute Gasteiger partial charge is 0.262 e. The molecule has 16 nitrogen and oxygen atoms in total. The molecule has 1 unspecified atom stereocenters. The molecule has 59 heavy (non-hydrogen) atoms. The lowest BCUT2D eigenvalue weighted by Crippen LogP contribution is -2.62. The highest BCUT2D eigenvalue weighted by Crippen LogP contribution is 2.40. The lowest BCUT2D eigenvalue weighted by molar-refractivity contribution is -0.140. The van der Waals surface area contributed by atoms with Crippen molar-refractivity contribution >= 4 is 35.2 Å². The molecule has 0 radical (unpaired) electrons. The Kier molecular flexibility index (Phi) is 11.8. The monoisotopic (exact) mass is 809 g/mol. The number of rotatable bonds is 18. The van der Waals surface area contributed by atoms with Crippen LogP contribution < -0.4 is 19.7 Å². The normalized spacial score (nSPS) is 22.3. The number of amides is 4. The van der Waals surface area contributed by atoms with E-state index in [-0.39, 0.29) is 36.2 Å². The third kappa shape index (κ3) is 8.86. The third-order valence-electron chi connectivity index (χ3n) is 11.7. The summed E-state index contributed by atoms with van der Waals surface area (Å²) >= 11 is 0. The van der Waals surface area contributed by atoms with Crippen molar-refractivity contribution in [3.63, 3.8) is 0 Å². The Bertz CT molecular complexity index is 2140. The number of piperazine rings is 1. The summed E-state index contributed by atoms with van der Waals surface area (Å²) in [5.41, 5.74) is 2.87. The van der Waals surface area contributed by atoms with Crippen LogP contribution in [0.1, 0.15) is 84.0 Å². The molecule has 3 fully saturated rings. The molecule has 312 valence electrons. The number of aliphatic imine (C=N–C) groups is 1. The van der Waals surface area contributed by atoms with Gasteiger partial charge in [0.2, 0.25) is 5.91 Å². The molecule has 5 heterocycles. The molecule has 5 aliphatic rings. The van der Waals surface area contributed by atoms with Crippen LogP contribution in [-0.2, 0) is 30.3 Å². The number of hydrogen-bond acceptors (Lipinski definition) is 14. The summed E-state index contributed by atoms with van der Waals surface area (Å²) in [7, 11) is 0. The first-order chi connectivity index (χ1) is 28.5. The highest BCUT2D eigenvalue weighted by atomic mass is 16.6. The van der Waals surface area contributed by atoms with E-state index in [4.69, 9.17) is 28.7 Å². The molecule has 4 amide bonds. The predicted molar refractivity (Wildman–Crippen MR) is 215 cm³/mol. The number of benzene rings is 2. The van der Waals surface area contributed by atoms with Gasteiger partial charge < -0.3 is 28.6 Å². The highest BCUT2D eigenvalue weighted by Gasteiger charge is 2.52. The van der Waals surface area contributed by atoms with Crippen molar-refractivity contribution in [1.82, 2.24) is 25.1 Å². The molecular weight excluding hydrogens is 759 g/mol. The Hall–Kier alpha value is -5.29. The standard InChI is InChI=1S/C43H51N7O9/c1-28-26-49(36-24-35(45-27-46-36)38-33-23-31(59-42(2)10-11-42)5-4-29(33)25-44-38)13-12-48(28)14-15-55-16-17-56-18-19-57-20-21-58-30-6-7-32-34(22-30)40(53)50(39(32)52)43(3)9-8-37(51)47-41(43)54/h4-7,22-24,27-28H,8-21,25-26H2,1-3H3,(H,47,51,54)/t28-,43?/m0/s1. The van der Waals surface area contributed by atoms with E-state index in [0.717, 1.165) is 72.5 Å². The third-order valence-corrected chi connectivity index (χ3v) is 11.7. The minimum absolute atomic E-state index is 0.0393. The zero-order valence-corrected chi connectivity index (χ0v) is 33.9. The number of carbonyl (C=O) groups excluding carboxylic acids is 4. The number of anilines is 1. The number of nitrogens with zero attached hydrogens (tertiary/aromatic N) is 6.